The van der Waals surface area contributed by atoms with Crippen LogP contribution in [0.1, 0.15) is 21.7 Å². The van der Waals surface area contributed by atoms with Gasteiger partial charge in [0.25, 0.3) is 5.91 Å². The van der Waals surface area contributed by atoms with Gasteiger partial charge in [0.05, 0.1) is 16.3 Å². The molecule has 28 heavy (non-hydrogen) atoms. The first-order valence-corrected chi connectivity index (χ1v) is 9.55. The third kappa shape index (κ3) is 3.57. The average Bonchev–Trinajstić information content (AvgIpc) is 3.06. The van der Waals surface area contributed by atoms with Crippen molar-refractivity contribution in [1.82, 2.24) is 24.6 Å². The lowest BCUT2D eigenvalue weighted by molar-refractivity contribution is 0.0746. The van der Waals surface area contributed by atoms with Crippen molar-refractivity contribution in [2.45, 2.75) is 13.8 Å². The van der Waals surface area contributed by atoms with Gasteiger partial charge in [-0.25, -0.2) is 14.6 Å². The van der Waals surface area contributed by atoms with Gasteiger partial charge in [-0.2, -0.15) is 5.10 Å². The molecule has 0 N–H and O–H groups in total. The molecule has 1 fully saturated rings. The Kier molecular flexibility index (Phi) is 5.00. The van der Waals surface area contributed by atoms with Crippen molar-refractivity contribution < 1.29 is 4.79 Å². The van der Waals surface area contributed by atoms with Crippen molar-refractivity contribution in [1.29, 1.82) is 0 Å². The molecular weight excluding hydrogens is 376 g/mol. The van der Waals surface area contributed by atoms with E-state index in [1.807, 2.05) is 47.7 Å². The smallest absolute Gasteiger partial charge is 0.255 e. The van der Waals surface area contributed by atoms with E-state index >= 15 is 0 Å². The highest BCUT2D eigenvalue weighted by Gasteiger charge is 2.24. The van der Waals surface area contributed by atoms with Crippen LogP contribution in [0.25, 0.3) is 5.82 Å². The Labute approximate surface area is 168 Å². The minimum Gasteiger partial charge on any atom is -0.353 e. The maximum absolute atomic E-state index is 12.7. The van der Waals surface area contributed by atoms with Crippen LogP contribution in [0.2, 0.25) is 5.02 Å². The van der Waals surface area contributed by atoms with Crippen LogP contribution in [-0.2, 0) is 0 Å². The van der Waals surface area contributed by atoms with Crippen molar-refractivity contribution in [3.63, 3.8) is 0 Å². The first-order chi connectivity index (χ1) is 13.5. The van der Waals surface area contributed by atoms with Crippen molar-refractivity contribution in [2.24, 2.45) is 0 Å². The molecular formula is C20H21ClN6O. The number of halogens is 1. The van der Waals surface area contributed by atoms with Gasteiger partial charge in [0.1, 0.15) is 12.1 Å². The lowest BCUT2D eigenvalue weighted by Crippen LogP contribution is -2.49. The fourth-order valence-electron chi connectivity index (χ4n) is 3.43. The van der Waals surface area contributed by atoms with Crippen LogP contribution in [0.4, 0.5) is 5.82 Å². The van der Waals surface area contributed by atoms with Crippen LogP contribution in [0.15, 0.2) is 42.7 Å². The van der Waals surface area contributed by atoms with Crippen LogP contribution in [0.3, 0.4) is 0 Å². The van der Waals surface area contributed by atoms with Gasteiger partial charge in [0.2, 0.25) is 0 Å². The fourth-order valence-corrected chi connectivity index (χ4v) is 3.65. The molecule has 1 aliphatic rings. The summed E-state index contributed by atoms with van der Waals surface area (Å²) in [4.78, 5) is 25.5. The van der Waals surface area contributed by atoms with Gasteiger partial charge in [-0.3, -0.25) is 4.79 Å². The van der Waals surface area contributed by atoms with E-state index in [1.54, 1.807) is 18.5 Å². The molecule has 1 amide bonds. The zero-order valence-corrected chi connectivity index (χ0v) is 16.6. The highest BCUT2D eigenvalue weighted by molar-refractivity contribution is 6.33. The Bertz CT molecular complexity index is 1010. The van der Waals surface area contributed by atoms with E-state index in [-0.39, 0.29) is 5.91 Å². The zero-order valence-electron chi connectivity index (χ0n) is 15.8. The molecule has 0 unspecified atom stereocenters. The Hall–Kier alpha value is -2.93. The number of amides is 1. The van der Waals surface area contributed by atoms with Crippen LogP contribution < -0.4 is 4.90 Å². The Morgan fingerprint density at radius 2 is 1.71 bits per heavy atom. The Morgan fingerprint density at radius 3 is 2.39 bits per heavy atom. The average molecular weight is 397 g/mol. The summed E-state index contributed by atoms with van der Waals surface area (Å²) in [5.41, 5.74) is 2.52. The fraction of sp³-hybridized carbons (Fsp3) is 0.300. The van der Waals surface area contributed by atoms with E-state index in [9.17, 15) is 4.79 Å². The molecule has 3 aromatic rings. The minimum absolute atomic E-state index is 0.0312. The number of rotatable bonds is 3. The van der Waals surface area contributed by atoms with Gasteiger partial charge in [-0.15, -0.1) is 0 Å². The molecule has 0 aliphatic carbocycles. The summed E-state index contributed by atoms with van der Waals surface area (Å²) >= 11 is 6.17. The number of hydrogen-bond acceptors (Lipinski definition) is 5. The van der Waals surface area contributed by atoms with E-state index < -0.39 is 0 Å². The lowest BCUT2D eigenvalue weighted by Gasteiger charge is -2.35. The van der Waals surface area contributed by atoms with Gasteiger partial charge >= 0.3 is 0 Å². The number of hydrogen-bond donors (Lipinski definition) is 0. The largest absolute Gasteiger partial charge is 0.353 e. The summed E-state index contributed by atoms with van der Waals surface area (Å²) < 4.78 is 1.82. The maximum Gasteiger partial charge on any atom is 0.255 e. The SMILES string of the molecule is Cc1cc(C)n(-c2cc(N3CCN(C(=O)c4ccccc4Cl)CC3)ncn2)n1. The van der Waals surface area contributed by atoms with Gasteiger partial charge in [-0.05, 0) is 32.0 Å². The first kappa shape index (κ1) is 18.4. The summed E-state index contributed by atoms with van der Waals surface area (Å²) in [7, 11) is 0. The number of nitrogens with zero attached hydrogens (tertiary/aromatic N) is 6. The lowest BCUT2D eigenvalue weighted by atomic mass is 10.2. The Balaban J connectivity index is 1.47. The van der Waals surface area contributed by atoms with Crippen LogP contribution in [0.5, 0.6) is 0 Å². The monoisotopic (exact) mass is 396 g/mol. The minimum atomic E-state index is -0.0312. The second-order valence-corrected chi connectivity index (χ2v) is 7.24. The second-order valence-electron chi connectivity index (χ2n) is 6.83. The third-order valence-corrected chi connectivity index (χ3v) is 5.19. The van der Waals surface area contributed by atoms with E-state index in [4.69, 9.17) is 11.6 Å². The molecule has 2 aromatic heterocycles. The number of aryl methyl sites for hydroxylation is 2. The molecule has 3 heterocycles. The van der Waals surface area contributed by atoms with Crippen LogP contribution in [0, 0.1) is 13.8 Å². The summed E-state index contributed by atoms with van der Waals surface area (Å²) in [6.07, 6.45) is 1.56. The summed E-state index contributed by atoms with van der Waals surface area (Å²) in [5.74, 6) is 1.55. The zero-order chi connectivity index (χ0) is 19.7. The molecule has 4 rings (SSSR count). The molecule has 0 spiro atoms. The van der Waals surface area contributed by atoms with Crippen molar-refractivity contribution in [2.75, 3.05) is 31.1 Å². The number of carbonyl (C=O) groups excluding carboxylic acids is 1. The second kappa shape index (κ2) is 7.59. The van der Waals surface area contributed by atoms with E-state index in [0.717, 1.165) is 23.0 Å². The first-order valence-electron chi connectivity index (χ1n) is 9.17. The molecule has 1 aliphatic heterocycles. The summed E-state index contributed by atoms with van der Waals surface area (Å²) in [5, 5.41) is 4.97. The topological polar surface area (TPSA) is 67.2 Å². The number of carbonyl (C=O) groups is 1. The quantitative estimate of drug-likeness (QED) is 0.681. The molecule has 0 saturated carbocycles. The number of anilines is 1. The number of aromatic nitrogens is 4. The highest BCUT2D eigenvalue weighted by Crippen LogP contribution is 2.20. The molecule has 0 radical (unpaired) electrons. The molecule has 0 atom stereocenters. The molecule has 8 heteroatoms. The molecule has 144 valence electrons. The Morgan fingerprint density at radius 1 is 1.00 bits per heavy atom. The van der Waals surface area contributed by atoms with Crippen LogP contribution in [-0.4, -0.2) is 56.7 Å². The van der Waals surface area contributed by atoms with Crippen LogP contribution >= 0.6 is 11.6 Å². The molecule has 1 saturated heterocycles. The van der Waals surface area contributed by atoms with Crippen molar-refractivity contribution in [3.8, 4) is 5.82 Å². The number of benzene rings is 1. The maximum atomic E-state index is 12.7. The normalized spacial score (nSPS) is 14.4. The molecule has 1 aromatic carbocycles. The molecule has 0 bridgehead atoms. The third-order valence-electron chi connectivity index (χ3n) is 4.86. The van der Waals surface area contributed by atoms with Crippen molar-refractivity contribution in [3.05, 3.63) is 64.7 Å². The van der Waals surface area contributed by atoms with Gasteiger partial charge in [-0.1, -0.05) is 23.7 Å². The molecule has 7 nitrogen and oxygen atoms in total. The van der Waals surface area contributed by atoms with Gasteiger partial charge in [0, 0.05) is 37.9 Å². The van der Waals surface area contributed by atoms with E-state index in [1.165, 1.54) is 0 Å². The van der Waals surface area contributed by atoms with E-state index in [0.29, 0.717) is 36.8 Å². The predicted molar refractivity (Wildman–Crippen MR) is 108 cm³/mol. The predicted octanol–water partition coefficient (Wildman–Crippen LogP) is 2.89. The number of piperazine rings is 1. The van der Waals surface area contributed by atoms with Gasteiger partial charge in [0.15, 0.2) is 5.82 Å². The standard InChI is InChI=1S/C20H21ClN6O/c1-14-11-15(2)27(24-14)19-12-18(22-13-23-19)25-7-9-26(10-8-25)20(28)16-5-3-4-6-17(16)21/h3-6,11-13H,7-10H2,1-2H3. The van der Waals surface area contributed by atoms with Gasteiger partial charge < -0.3 is 9.80 Å². The summed E-state index contributed by atoms with van der Waals surface area (Å²) in [6.45, 7) is 6.59. The highest BCUT2D eigenvalue weighted by atomic mass is 35.5. The van der Waals surface area contributed by atoms with Crippen molar-refractivity contribution >= 4 is 23.3 Å². The summed E-state index contributed by atoms with van der Waals surface area (Å²) in [6, 6.07) is 11.1. The van der Waals surface area contributed by atoms with E-state index in [2.05, 4.69) is 20.0 Å².